The second-order valence-electron chi connectivity index (χ2n) is 7.71. The van der Waals surface area contributed by atoms with Gasteiger partial charge in [0.15, 0.2) is 5.78 Å². The summed E-state index contributed by atoms with van der Waals surface area (Å²) in [5.74, 6) is 0.331. The van der Waals surface area contributed by atoms with Gasteiger partial charge < -0.3 is 14.4 Å². The molecule has 1 fully saturated rings. The highest BCUT2D eigenvalue weighted by molar-refractivity contribution is 5.99. The van der Waals surface area contributed by atoms with E-state index in [0.717, 1.165) is 12.8 Å². The molecule has 166 valence electrons. The third kappa shape index (κ3) is 4.18. The number of hydrogen-bond donors (Lipinski definition) is 0. The van der Waals surface area contributed by atoms with Crippen molar-refractivity contribution in [2.24, 2.45) is 0 Å². The summed E-state index contributed by atoms with van der Waals surface area (Å²) in [4.78, 5) is 33.2. The first-order chi connectivity index (χ1) is 15.5. The van der Waals surface area contributed by atoms with Crippen LogP contribution in [-0.2, 0) is 0 Å². The third-order valence-corrected chi connectivity index (χ3v) is 5.60. The smallest absolute Gasteiger partial charge is 0.256 e. The molecular formula is C23H25N5O4. The van der Waals surface area contributed by atoms with E-state index in [1.54, 1.807) is 35.6 Å². The van der Waals surface area contributed by atoms with Crippen molar-refractivity contribution in [3.8, 4) is 17.3 Å². The van der Waals surface area contributed by atoms with Gasteiger partial charge in [-0.2, -0.15) is 15.0 Å². The number of para-hydroxylation sites is 1. The molecule has 2 unspecified atom stereocenters. The van der Waals surface area contributed by atoms with Crippen LogP contribution in [0.2, 0.25) is 0 Å². The molecule has 1 aliphatic heterocycles. The molecule has 0 aliphatic carbocycles. The Morgan fingerprint density at radius 2 is 1.81 bits per heavy atom. The maximum Gasteiger partial charge on any atom is 0.256 e. The highest BCUT2D eigenvalue weighted by Crippen LogP contribution is 2.30. The van der Waals surface area contributed by atoms with E-state index in [0.29, 0.717) is 29.1 Å². The monoisotopic (exact) mass is 435 g/mol. The molecule has 4 rings (SSSR count). The number of carbonyl (C=O) groups excluding carboxylic acids is 2. The number of pyridine rings is 1. The Bertz CT molecular complexity index is 1120. The number of aromatic nitrogens is 4. The predicted octanol–water partition coefficient (Wildman–Crippen LogP) is 2.95. The molecule has 0 spiro atoms. The van der Waals surface area contributed by atoms with Crippen LogP contribution in [0.25, 0.3) is 5.69 Å². The van der Waals surface area contributed by atoms with Crippen LogP contribution in [0.3, 0.4) is 0 Å². The molecule has 0 radical (unpaired) electrons. The Labute approximate surface area is 186 Å². The van der Waals surface area contributed by atoms with Gasteiger partial charge in [0, 0.05) is 12.2 Å². The summed E-state index contributed by atoms with van der Waals surface area (Å²) >= 11 is 0. The van der Waals surface area contributed by atoms with E-state index >= 15 is 0 Å². The number of benzene rings is 1. The molecule has 0 bridgehead atoms. The molecule has 1 amide bonds. The number of carbonyl (C=O) groups is 2. The molecule has 1 saturated heterocycles. The summed E-state index contributed by atoms with van der Waals surface area (Å²) in [5.41, 5.74) is 1.44. The average molecular weight is 435 g/mol. The van der Waals surface area contributed by atoms with Crippen molar-refractivity contribution >= 4 is 11.7 Å². The minimum atomic E-state index is -0.303. The van der Waals surface area contributed by atoms with Gasteiger partial charge in [0.2, 0.25) is 5.88 Å². The van der Waals surface area contributed by atoms with Gasteiger partial charge in [-0.1, -0.05) is 12.1 Å². The second kappa shape index (κ2) is 9.17. The largest absolute Gasteiger partial charge is 0.496 e. The number of ketones is 1. The Hall–Kier alpha value is -3.75. The first-order valence-electron chi connectivity index (χ1n) is 10.5. The van der Waals surface area contributed by atoms with Crippen molar-refractivity contribution in [2.75, 3.05) is 13.7 Å². The minimum Gasteiger partial charge on any atom is -0.496 e. The standard InChI is InChI=1S/C23H25N5O4/c1-15-8-9-17(32-22-21(16(2)29)20(31-3)10-11-24-22)14-27(15)23(30)18-6-4-5-7-19(18)28-25-12-13-26-28/h4-7,10-13,15,17H,8-9,14H2,1-3H3. The lowest BCUT2D eigenvalue weighted by molar-refractivity contribution is 0.0368. The summed E-state index contributed by atoms with van der Waals surface area (Å²) in [7, 11) is 1.50. The Balaban J connectivity index is 1.58. The number of hydrogen-bond acceptors (Lipinski definition) is 7. The zero-order chi connectivity index (χ0) is 22.7. The molecule has 0 saturated carbocycles. The van der Waals surface area contributed by atoms with Gasteiger partial charge in [0.25, 0.3) is 5.91 Å². The molecule has 0 N–H and O–H groups in total. The lowest BCUT2D eigenvalue weighted by atomic mass is 9.99. The Morgan fingerprint density at radius 1 is 1.06 bits per heavy atom. The van der Waals surface area contributed by atoms with Crippen molar-refractivity contribution in [1.82, 2.24) is 24.9 Å². The van der Waals surface area contributed by atoms with Crippen LogP contribution in [0.1, 0.15) is 47.4 Å². The quantitative estimate of drug-likeness (QED) is 0.549. The second-order valence-corrected chi connectivity index (χ2v) is 7.71. The Morgan fingerprint density at radius 3 is 2.53 bits per heavy atom. The van der Waals surface area contributed by atoms with Crippen molar-refractivity contribution < 1.29 is 19.1 Å². The van der Waals surface area contributed by atoms with Crippen LogP contribution in [0.15, 0.2) is 48.9 Å². The normalized spacial score (nSPS) is 18.3. The fourth-order valence-electron chi connectivity index (χ4n) is 3.94. The maximum absolute atomic E-state index is 13.5. The maximum atomic E-state index is 13.5. The van der Waals surface area contributed by atoms with Gasteiger partial charge in [-0.3, -0.25) is 9.59 Å². The molecule has 2 aromatic heterocycles. The van der Waals surface area contributed by atoms with Gasteiger partial charge in [-0.25, -0.2) is 4.98 Å². The Kier molecular flexibility index (Phi) is 6.16. The van der Waals surface area contributed by atoms with Gasteiger partial charge in [0.1, 0.15) is 17.4 Å². The van der Waals surface area contributed by atoms with Crippen LogP contribution in [0, 0.1) is 0 Å². The highest BCUT2D eigenvalue weighted by atomic mass is 16.5. The van der Waals surface area contributed by atoms with Gasteiger partial charge in [-0.15, -0.1) is 0 Å². The van der Waals surface area contributed by atoms with E-state index < -0.39 is 0 Å². The first-order valence-corrected chi connectivity index (χ1v) is 10.5. The van der Waals surface area contributed by atoms with E-state index in [1.165, 1.54) is 18.8 Å². The van der Waals surface area contributed by atoms with E-state index in [4.69, 9.17) is 9.47 Å². The molecular weight excluding hydrogens is 410 g/mol. The van der Waals surface area contributed by atoms with Crippen molar-refractivity contribution in [3.05, 3.63) is 60.0 Å². The van der Waals surface area contributed by atoms with Crippen LogP contribution < -0.4 is 9.47 Å². The summed E-state index contributed by atoms with van der Waals surface area (Å²) in [6.45, 7) is 3.84. The number of ether oxygens (including phenoxy) is 2. The molecule has 1 aromatic carbocycles. The number of methoxy groups -OCH3 is 1. The third-order valence-electron chi connectivity index (χ3n) is 5.60. The number of likely N-dealkylation sites (tertiary alicyclic amines) is 1. The number of amides is 1. The first kappa shape index (κ1) is 21.5. The molecule has 9 heteroatoms. The zero-order valence-electron chi connectivity index (χ0n) is 18.3. The fourth-order valence-corrected chi connectivity index (χ4v) is 3.94. The minimum absolute atomic E-state index is 0.0338. The predicted molar refractivity (Wildman–Crippen MR) is 116 cm³/mol. The van der Waals surface area contributed by atoms with E-state index in [-0.39, 0.29) is 29.7 Å². The summed E-state index contributed by atoms with van der Waals surface area (Å²) in [6, 6.07) is 8.92. The fraction of sp³-hybridized carbons (Fsp3) is 0.348. The summed E-state index contributed by atoms with van der Waals surface area (Å²) in [5, 5.41) is 8.33. The van der Waals surface area contributed by atoms with Gasteiger partial charge >= 0.3 is 0 Å². The zero-order valence-corrected chi connectivity index (χ0v) is 18.3. The van der Waals surface area contributed by atoms with Crippen LogP contribution >= 0.6 is 0 Å². The van der Waals surface area contributed by atoms with Gasteiger partial charge in [-0.05, 0) is 44.9 Å². The van der Waals surface area contributed by atoms with E-state index in [1.807, 2.05) is 25.1 Å². The topological polar surface area (TPSA) is 99.4 Å². The molecule has 9 nitrogen and oxygen atoms in total. The SMILES string of the molecule is COc1ccnc(OC2CCC(C)N(C(=O)c3ccccc3-n3nccn3)C2)c1C(C)=O. The summed E-state index contributed by atoms with van der Waals surface area (Å²) < 4.78 is 11.4. The van der Waals surface area contributed by atoms with Crippen LogP contribution in [-0.4, -0.2) is 62.4 Å². The molecule has 2 atom stereocenters. The van der Waals surface area contributed by atoms with Crippen LogP contribution in [0.4, 0.5) is 0 Å². The number of nitrogens with zero attached hydrogens (tertiary/aromatic N) is 5. The van der Waals surface area contributed by atoms with Crippen LogP contribution in [0.5, 0.6) is 11.6 Å². The molecule has 3 aromatic rings. The van der Waals surface area contributed by atoms with E-state index in [2.05, 4.69) is 15.2 Å². The van der Waals surface area contributed by atoms with Gasteiger partial charge in [0.05, 0.1) is 37.3 Å². The molecule has 3 heterocycles. The van der Waals surface area contributed by atoms with Crippen molar-refractivity contribution in [2.45, 2.75) is 38.8 Å². The number of Topliss-reactive ketones (excluding diaryl/α,β-unsaturated/α-hetero) is 1. The number of rotatable bonds is 6. The van der Waals surface area contributed by atoms with E-state index in [9.17, 15) is 9.59 Å². The highest BCUT2D eigenvalue weighted by Gasteiger charge is 2.33. The lowest BCUT2D eigenvalue weighted by Gasteiger charge is -2.38. The average Bonchev–Trinajstić information content (AvgIpc) is 3.34. The number of piperidine rings is 1. The summed E-state index contributed by atoms with van der Waals surface area (Å²) in [6.07, 6.45) is 5.89. The molecule has 1 aliphatic rings. The van der Waals surface area contributed by atoms with Crippen molar-refractivity contribution in [1.29, 1.82) is 0 Å². The van der Waals surface area contributed by atoms with Crippen molar-refractivity contribution in [3.63, 3.8) is 0 Å². The lowest BCUT2D eigenvalue weighted by Crippen LogP contribution is -2.49. The molecule has 32 heavy (non-hydrogen) atoms.